The number of amides is 5. The first-order valence-electron chi connectivity index (χ1n) is 18.7. The van der Waals surface area contributed by atoms with E-state index in [4.69, 9.17) is 9.47 Å². The van der Waals surface area contributed by atoms with E-state index in [9.17, 15) is 28.4 Å². The molecule has 5 amide bonds. The first-order valence-corrected chi connectivity index (χ1v) is 18.7. The molecule has 11 nitrogen and oxygen atoms in total. The van der Waals surface area contributed by atoms with E-state index < -0.39 is 29.7 Å². The fourth-order valence-electron chi connectivity index (χ4n) is 8.01. The van der Waals surface area contributed by atoms with Crippen molar-refractivity contribution in [3.05, 3.63) is 101 Å². The summed E-state index contributed by atoms with van der Waals surface area (Å²) in [4.78, 5) is 68.8. The van der Waals surface area contributed by atoms with Crippen molar-refractivity contribution in [3.63, 3.8) is 0 Å². The smallest absolute Gasteiger partial charge is 0.262 e. The van der Waals surface area contributed by atoms with Crippen molar-refractivity contribution < 1.29 is 37.8 Å². The van der Waals surface area contributed by atoms with Crippen LogP contribution < -0.4 is 15.4 Å². The zero-order chi connectivity index (χ0) is 37.8. The van der Waals surface area contributed by atoms with Crippen LogP contribution in [-0.4, -0.2) is 65.3 Å². The van der Waals surface area contributed by atoms with Gasteiger partial charge in [0.2, 0.25) is 17.7 Å². The van der Waals surface area contributed by atoms with Gasteiger partial charge in [0.15, 0.2) is 0 Å². The Bertz CT molecular complexity index is 2080. The van der Waals surface area contributed by atoms with Gasteiger partial charge in [0.25, 0.3) is 11.8 Å². The van der Waals surface area contributed by atoms with Gasteiger partial charge in [-0.15, -0.1) is 0 Å². The number of piperidine rings is 1. The number of halogens is 1. The summed E-state index contributed by atoms with van der Waals surface area (Å²) in [6.07, 6.45) is 6.82. The average Bonchev–Trinajstić information content (AvgIpc) is 3.43. The van der Waals surface area contributed by atoms with Gasteiger partial charge in [-0.2, -0.15) is 0 Å². The first kappa shape index (κ1) is 36.9. The maximum atomic E-state index is 14.0. The quantitative estimate of drug-likeness (QED) is 0.120. The molecule has 54 heavy (non-hydrogen) atoms. The number of aromatic nitrogens is 1. The lowest BCUT2D eigenvalue weighted by Crippen LogP contribution is -2.54. The first-order chi connectivity index (χ1) is 26.2. The summed E-state index contributed by atoms with van der Waals surface area (Å²) >= 11 is 0. The minimum Gasteiger partial charge on any atom is -0.491 e. The molecule has 0 spiro atoms. The van der Waals surface area contributed by atoms with Gasteiger partial charge in [-0.1, -0.05) is 19.1 Å². The maximum absolute atomic E-state index is 14.0. The molecule has 1 saturated heterocycles. The third kappa shape index (κ3) is 7.89. The van der Waals surface area contributed by atoms with E-state index in [2.05, 4.69) is 15.6 Å². The highest BCUT2D eigenvalue weighted by atomic mass is 19.1. The van der Waals surface area contributed by atoms with E-state index in [0.29, 0.717) is 61.1 Å². The van der Waals surface area contributed by atoms with Crippen LogP contribution in [0.25, 0.3) is 10.9 Å². The molecule has 3 aliphatic rings. The number of anilines is 1. The van der Waals surface area contributed by atoms with E-state index in [1.165, 1.54) is 6.07 Å². The molecule has 2 N–H and O–H groups in total. The van der Waals surface area contributed by atoms with Gasteiger partial charge in [-0.3, -0.25) is 39.2 Å². The molecule has 3 aromatic carbocycles. The molecule has 1 unspecified atom stereocenters. The minimum atomic E-state index is -0.998. The van der Waals surface area contributed by atoms with Crippen molar-refractivity contribution in [2.75, 3.05) is 25.1 Å². The number of fused-ring (bicyclic) bond motifs is 2. The Morgan fingerprint density at radius 1 is 0.944 bits per heavy atom. The van der Waals surface area contributed by atoms with Crippen LogP contribution in [0, 0.1) is 17.7 Å². The van der Waals surface area contributed by atoms with Crippen molar-refractivity contribution in [2.45, 2.75) is 70.3 Å². The molecule has 2 fully saturated rings. The number of pyridine rings is 1. The van der Waals surface area contributed by atoms with Crippen molar-refractivity contribution in [1.29, 1.82) is 0 Å². The number of carbonyl (C=O) groups excluding carboxylic acids is 5. The third-order valence-corrected chi connectivity index (χ3v) is 11.0. The molecule has 2 atom stereocenters. The lowest BCUT2D eigenvalue weighted by atomic mass is 9.73. The molecule has 2 aliphatic heterocycles. The number of ether oxygens (including phenoxy) is 2. The lowest BCUT2D eigenvalue weighted by Gasteiger charge is -2.32. The molecule has 1 aliphatic carbocycles. The highest BCUT2D eigenvalue weighted by molar-refractivity contribution is 6.24. The minimum absolute atomic E-state index is 0.0139. The molecule has 3 heterocycles. The SMILES string of the molecule is C[C@@H](C(=O)Nc1ccc(OCCOCCCc2cccc3c2C(=O)N(C2CCC(=O)NC2=O)C3=O)cc1)C1CCC(c2ccnc3ccc(F)cc23)CC1. The predicted molar refractivity (Wildman–Crippen MR) is 198 cm³/mol. The van der Waals surface area contributed by atoms with Crippen LogP contribution in [0.5, 0.6) is 5.75 Å². The van der Waals surface area contributed by atoms with Gasteiger partial charge in [0, 0.05) is 36.2 Å². The van der Waals surface area contributed by atoms with Crippen LogP contribution in [0.4, 0.5) is 10.1 Å². The number of aryl methyl sites for hydroxylation is 1. The van der Waals surface area contributed by atoms with Crippen molar-refractivity contribution in [3.8, 4) is 5.75 Å². The molecule has 4 aromatic rings. The Morgan fingerprint density at radius 3 is 2.52 bits per heavy atom. The molecule has 12 heteroatoms. The monoisotopic (exact) mass is 734 g/mol. The molecule has 7 rings (SSSR count). The Labute approximate surface area is 312 Å². The van der Waals surface area contributed by atoms with E-state index >= 15 is 0 Å². The largest absolute Gasteiger partial charge is 0.491 e. The molecule has 0 radical (unpaired) electrons. The molecule has 1 aromatic heterocycles. The fourth-order valence-corrected chi connectivity index (χ4v) is 8.01. The van der Waals surface area contributed by atoms with Crippen molar-refractivity contribution in [2.24, 2.45) is 11.8 Å². The number of hydrogen-bond donors (Lipinski definition) is 2. The second kappa shape index (κ2) is 16.3. The summed E-state index contributed by atoms with van der Waals surface area (Å²) in [6.45, 7) is 3.07. The summed E-state index contributed by atoms with van der Waals surface area (Å²) in [6, 6.07) is 18.1. The number of nitrogens with one attached hydrogen (secondary N) is 2. The topological polar surface area (TPSA) is 144 Å². The summed E-state index contributed by atoms with van der Waals surface area (Å²) in [5.41, 5.74) is 3.92. The zero-order valence-corrected chi connectivity index (χ0v) is 30.1. The van der Waals surface area contributed by atoms with Crippen LogP contribution in [0.15, 0.2) is 72.9 Å². The third-order valence-electron chi connectivity index (χ3n) is 11.0. The normalized spacial score (nSPS) is 20.5. The average molecular weight is 735 g/mol. The Hall–Kier alpha value is -5.49. The Balaban J connectivity index is 0.810. The van der Waals surface area contributed by atoms with Crippen LogP contribution in [0.1, 0.15) is 89.6 Å². The number of carbonyl (C=O) groups is 5. The summed E-state index contributed by atoms with van der Waals surface area (Å²) in [5, 5.41) is 6.13. The highest BCUT2D eigenvalue weighted by Gasteiger charge is 2.45. The number of benzene rings is 3. The van der Waals surface area contributed by atoms with Crippen LogP contribution >= 0.6 is 0 Å². The van der Waals surface area contributed by atoms with Gasteiger partial charge in [-0.25, -0.2) is 4.39 Å². The second-order valence-corrected chi connectivity index (χ2v) is 14.3. The van der Waals surface area contributed by atoms with Crippen LogP contribution in [0.3, 0.4) is 0 Å². The van der Waals surface area contributed by atoms with E-state index in [1.807, 2.05) is 25.1 Å². The van der Waals surface area contributed by atoms with Gasteiger partial charge in [-0.05, 0) is 123 Å². The molecule has 0 bridgehead atoms. The fraction of sp³-hybridized carbons (Fsp3) is 0.381. The summed E-state index contributed by atoms with van der Waals surface area (Å²) in [5.74, 6) is -1.26. The number of imide groups is 2. The van der Waals surface area contributed by atoms with E-state index in [0.717, 1.165) is 47.0 Å². The summed E-state index contributed by atoms with van der Waals surface area (Å²) in [7, 11) is 0. The van der Waals surface area contributed by atoms with Gasteiger partial charge < -0.3 is 14.8 Å². The number of nitrogens with zero attached hydrogens (tertiary/aromatic N) is 2. The van der Waals surface area contributed by atoms with Crippen molar-refractivity contribution in [1.82, 2.24) is 15.2 Å². The molecular weight excluding hydrogens is 691 g/mol. The standard InChI is InChI=1S/C42H43FN4O7/c1-25(26-7-9-27(10-8-26)32-19-20-44-35-16-11-29(43)24-34(32)35)39(49)45-30-12-14-31(15-13-30)54-23-22-53-21-3-5-28-4-2-6-33-38(28)42(52)47(41(33)51)36-17-18-37(48)46-40(36)50/h2,4,6,11-16,19-20,24-27,36H,3,5,7-10,17-18,21-23H2,1H3,(H,45,49)(H,46,48,50)/t25-,26?,27?,36?/m1/s1. The molecule has 280 valence electrons. The van der Waals surface area contributed by atoms with Gasteiger partial charge in [0.1, 0.15) is 24.2 Å². The Morgan fingerprint density at radius 2 is 1.74 bits per heavy atom. The zero-order valence-electron chi connectivity index (χ0n) is 30.1. The molecule has 1 saturated carbocycles. The molecular formula is C42H43FN4O7. The number of hydrogen-bond acceptors (Lipinski definition) is 8. The van der Waals surface area contributed by atoms with E-state index in [1.54, 1.807) is 48.7 Å². The Kier molecular flexibility index (Phi) is 11.1. The van der Waals surface area contributed by atoms with Crippen LogP contribution in [0.2, 0.25) is 0 Å². The second-order valence-electron chi connectivity index (χ2n) is 14.3. The lowest BCUT2D eigenvalue weighted by molar-refractivity contribution is -0.136. The van der Waals surface area contributed by atoms with Crippen molar-refractivity contribution >= 4 is 46.1 Å². The van der Waals surface area contributed by atoms with Gasteiger partial charge in [0.05, 0.1) is 23.3 Å². The number of rotatable bonds is 13. The van der Waals surface area contributed by atoms with E-state index in [-0.39, 0.29) is 42.0 Å². The highest BCUT2D eigenvalue weighted by Crippen LogP contribution is 2.41. The van der Waals surface area contributed by atoms with Gasteiger partial charge >= 0.3 is 0 Å². The summed E-state index contributed by atoms with van der Waals surface area (Å²) < 4.78 is 25.6. The maximum Gasteiger partial charge on any atom is 0.262 e. The van der Waals surface area contributed by atoms with Crippen LogP contribution in [-0.2, 0) is 25.5 Å². The predicted octanol–water partition coefficient (Wildman–Crippen LogP) is 6.35.